The zero-order valence-corrected chi connectivity index (χ0v) is 23.1. The summed E-state index contributed by atoms with van der Waals surface area (Å²) in [5, 5.41) is 12.7. The normalized spacial score (nSPS) is 18.2. The quantitative estimate of drug-likeness (QED) is 0.408. The summed E-state index contributed by atoms with van der Waals surface area (Å²) in [6, 6.07) is 12.6. The lowest BCUT2D eigenvalue weighted by atomic mass is 9.98. The molecule has 3 aromatic rings. The maximum Gasteiger partial charge on any atom is 0.416 e. The number of fused-ring (bicyclic) bond motifs is 1. The van der Waals surface area contributed by atoms with E-state index in [9.17, 15) is 27.9 Å². The Morgan fingerprint density at radius 2 is 1.85 bits per heavy atom. The zero-order chi connectivity index (χ0) is 29.7. The lowest BCUT2D eigenvalue weighted by molar-refractivity contribution is -0.137. The molecule has 218 valence electrons. The molecule has 1 aromatic heterocycles. The predicted molar refractivity (Wildman–Crippen MR) is 148 cm³/mol. The number of hydrogen-bond acceptors (Lipinski definition) is 6. The highest BCUT2D eigenvalue weighted by atomic mass is 19.4. The molecule has 2 heterocycles. The number of aromatic nitrogens is 1. The number of anilines is 1. The van der Waals surface area contributed by atoms with Crippen molar-refractivity contribution in [2.75, 3.05) is 32.1 Å². The summed E-state index contributed by atoms with van der Waals surface area (Å²) in [5.41, 5.74) is 0.947. The maximum absolute atomic E-state index is 13.6. The first kappa shape index (κ1) is 30.0. The number of aliphatic hydroxyl groups excluding tert-OH is 1. The van der Waals surface area contributed by atoms with E-state index < -0.39 is 29.8 Å². The Kier molecular flexibility index (Phi) is 9.29. The van der Waals surface area contributed by atoms with Crippen molar-refractivity contribution in [1.29, 1.82) is 0 Å². The van der Waals surface area contributed by atoms with Gasteiger partial charge >= 0.3 is 6.18 Å². The summed E-state index contributed by atoms with van der Waals surface area (Å²) >= 11 is 0. The van der Waals surface area contributed by atoms with Crippen LogP contribution in [0.1, 0.15) is 45.7 Å². The Balaban J connectivity index is 1.63. The number of alkyl halides is 3. The van der Waals surface area contributed by atoms with E-state index in [0.29, 0.717) is 36.4 Å². The van der Waals surface area contributed by atoms with E-state index in [1.807, 2.05) is 18.9 Å². The molecule has 0 aliphatic carbocycles. The third kappa shape index (κ3) is 7.22. The van der Waals surface area contributed by atoms with Gasteiger partial charge in [-0.1, -0.05) is 25.1 Å². The van der Waals surface area contributed by atoms with E-state index in [0.717, 1.165) is 12.1 Å². The van der Waals surface area contributed by atoms with Crippen molar-refractivity contribution in [3.63, 3.8) is 0 Å². The lowest BCUT2D eigenvalue weighted by Gasteiger charge is -2.38. The minimum atomic E-state index is -4.40. The van der Waals surface area contributed by atoms with E-state index in [-0.39, 0.29) is 29.7 Å². The van der Waals surface area contributed by atoms with E-state index in [2.05, 4.69) is 10.3 Å². The lowest BCUT2D eigenvalue weighted by Crippen LogP contribution is -2.49. The average molecular weight is 571 g/mol. The molecule has 1 aliphatic rings. The Hall–Kier alpha value is -3.96. The van der Waals surface area contributed by atoms with Crippen molar-refractivity contribution in [1.82, 2.24) is 14.8 Å². The molecule has 8 nitrogen and oxygen atoms in total. The number of carbonyl (C=O) groups excluding carboxylic acids is 2. The van der Waals surface area contributed by atoms with Crippen LogP contribution in [0.4, 0.5) is 18.9 Å². The fourth-order valence-electron chi connectivity index (χ4n) is 4.74. The number of hydrogen-bond donors (Lipinski definition) is 2. The van der Waals surface area contributed by atoms with E-state index in [1.54, 1.807) is 42.2 Å². The monoisotopic (exact) mass is 570 g/mol. The van der Waals surface area contributed by atoms with Gasteiger partial charge in [0.25, 0.3) is 11.8 Å². The molecule has 0 saturated heterocycles. The second-order valence-electron chi connectivity index (χ2n) is 10.4. The minimum Gasteiger partial charge on any atom is -0.486 e. The summed E-state index contributed by atoms with van der Waals surface area (Å²) in [4.78, 5) is 34.1. The number of halogens is 3. The number of ether oxygens (including phenoxy) is 1. The van der Waals surface area contributed by atoms with Crippen molar-refractivity contribution < 1.29 is 32.6 Å². The van der Waals surface area contributed by atoms with E-state index in [1.165, 1.54) is 24.5 Å². The number of pyridine rings is 1. The highest BCUT2D eigenvalue weighted by molar-refractivity contribution is 6.07. The molecule has 2 amide bonds. The Morgan fingerprint density at radius 3 is 2.49 bits per heavy atom. The molecule has 2 aromatic carbocycles. The first-order valence-corrected chi connectivity index (χ1v) is 13.3. The summed E-state index contributed by atoms with van der Waals surface area (Å²) in [5.74, 6) is -0.705. The Morgan fingerprint density at radius 1 is 1.17 bits per heavy atom. The molecule has 3 atom stereocenters. The number of amides is 2. The van der Waals surface area contributed by atoms with Crippen LogP contribution in [0.3, 0.4) is 0 Å². The number of benzene rings is 2. The fourth-order valence-corrected chi connectivity index (χ4v) is 4.74. The van der Waals surface area contributed by atoms with Crippen LogP contribution in [-0.4, -0.2) is 70.6 Å². The molecule has 1 aliphatic heterocycles. The van der Waals surface area contributed by atoms with Crippen molar-refractivity contribution in [3.8, 4) is 5.75 Å². The van der Waals surface area contributed by atoms with Gasteiger partial charge in [-0.3, -0.25) is 19.5 Å². The van der Waals surface area contributed by atoms with Crippen molar-refractivity contribution in [3.05, 3.63) is 89.2 Å². The molecule has 41 heavy (non-hydrogen) atoms. The second-order valence-corrected chi connectivity index (χ2v) is 10.4. The van der Waals surface area contributed by atoms with Crippen LogP contribution >= 0.6 is 0 Å². The number of aliphatic hydroxyl groups is 1. The molecule has 0 unspecified atom stereocenters. The Labute approximate surface area is 236 Å². The van der Waals surface area contributed by atoms with Gasteiger partial charge in [0, 0.05) is 43.5 Å². The van der Waals surface area contributed by atoms with Crippen molar-refractivity contribution in [2.24, 2.45) is 5.92 Å². The summed E-state index contributed by atoms with van der Waals surface area (Å²) in [6.45, 7) is 4.52. The summed E-state index contributed by atoms with van der Waals surface area (Å²) < 4.78 is 45.4. The van der Waals surface area contributed by atoms with Gasteiger partial charge < -0.3 is 20.1 Å². The van der Waals surface area contributed by atoms with Gasteiger partial charge in [0.1, 0.15) is 6.10 Å². The van der Waals surface area contributed by atoms with Crippen LogP contribution in [0.25, 0.3) is 0 Å². The average Bonchev–Trinajstić information content (AvgIpc) is 2.95. The molecule has 4 rings (SSSR count). The highest BCUT2D eigenvalue weighted by Crippen LogP contribution is 2.35. The molecular weight excluding hydrogens is 537 g/mol. The van der Waals surface area contributed by atoms with E-state index >= 15 is 0 Å². The van der Waals surface area contributed by atoms with Gasteiger partial charge in [0.05, 0.1) is 29.5 Å². The van der Waals surface area contributed by atoms with Gasteiger partial charge in [0.2, 0.25) is 0 Å². The van der Waals surface area contributed by atoms with Gasteiger partial charge in [0.15, 0.2) is 5.75 Å². The first-order valence-electron chi connectivity index (χ1n) is 13.3. The summed E-state index contributed by atoms with van der Waals surface area (Å²) in [6.07, 6.45) is -1.86. The van der Waals surface area contributed by atoms with Crippen LogP contribution in [0, 0.1) is 5.92 Å². The smallest absolute Gasteiger partial charge is 0.416 e. The number of nitrogens with zero attached hydrogens (tertiary/aromatic N) is 3. The van der Waals surface area contributed by atoms with Crippen LogP contribution in [0.15, 0.2) is 67.0 Å². The number of nitrogens with one attached hydrogen (secondary N) is 1. The van der Waals surface area contributed by atoms with Crippen LogP contribution in [-0.2, 0) is 12.7 Å². The van der Waals surface area contributed by atoms with Crippen LogP contribution in [0.2, 0.25) is 0 Å². The van der Waals surface area contributed by atoms with Crippen LogP contribution < -0.4 is 10.1 Å². The SMILES string of the molecule is C[C@@H]1CN([C@@H](C)CO)C(=O)c2cccc(NC(=O)c3ccncc3)c2O[C@H]1CN(C)Cc1ccc(C(F)(F)F)cc1. The van der Waals surface area contributed by atoms with Gasteiger partial charge in [-0.05, 0) is 55.9 Å². The van der Waals surface area contributed by atoms with Gasteiger partial charge in [-0.15, -0.1) is 0 Å². The molecule has 0 radical (unpaired) electrons. The largest absolute Gasteiger partial charge is 0.486 e. The second kappa shape index (κ2) is 12.7. The maximum atomic E-state index is 13.6. The fraction of sp³-hybridized carbons (Fsp3) is 0.367. The molecule has 0 saturated carbocycles. The number of rotatable bonds is 8. The van der Waals surface area contributed by atoms with Crippen molar-refractivity contribution >= 4 is 17.5 Å². The molecule has 0 spiro atoms. The molecule has 11 heteroatoms. The molecule has 0 bridgehead atoms. The molecular formula is C30H33F3N4O4. The highest BCUT2D eigenvalue weighted by Gasteiger charge is 2.35. The number of para-hydroxylation sites is 1. The molecule has 2 N–H and O–H groups in total. The third-order valence-corrected chi connectivity index (χ3v) is 7.11. The standard InChI is InChI=1S/C30H33F3N4O4/c1-19-15-37(20(2)18-38)29(40)24-5-4-6-25(35-28(39)22-11-13-34-14-12-22)27(24)41-26(19)17-36(3)16-21-7-9-23(10-8-21)30(31,32)33/h4-14,19-20,26,38H,15-18H2,1-3H3,(H,35,39)/t19-,20+,26+/m1/s1. The first-order chi connectivity index (χ1) is 19.5. The van der Waals surface area contributed by atoms with E-state index in [4.69, 9.17) is 4.74 Å². The zero-order valence-electron chi connectivity index (χ0n) is 23.1. The predicted octanol–water partition coefficient (Wildman–Crippen LogP) is 4.70. The van der Waals surface area contributed by atoms with Gasteiger partial charge in [-0.2, -0.15) is 13.2 Å². The number of carbonyl (C=O) groups is 2. The Bertz CT molecular complexity index is 1350. The molecule has 0 fully saturated rings. The third-order valence-electron chi connectivity index (χ3n) is 7.11. The van der Waals surface area contributed by atoms with Crippen LogP contribution in [0.5, 0.6) is 5.75 Å². The van der Waals surface area contributed by atoms with Crippen molar-refractivity contribution in [2.45, 2.75) is 38.7 Å². The number of likely N-dealkylation sites (N-methyl/N-ethyl adjacent to an activating group) is 1. The van der Waals surface area contributed by atoms with Gasteiger partial charge in [-0.25, -0.2) is 0 Å². The summed E-state index contributed by atoms with van der Waals surface area (Å²) in [7, 11) is 1.84. The topological polar surface area (TPSA) is 95.0 Å². The minimum absolute atomic E-state index is 0.194.